The van der Waals surface area contributed by atoms with E-state index in [4.69, 9.17) is 8.05 Å². The van der Waals surface area contributed by atoms with Gasteiger partial charge in [0.1, 0.15) is 0 Å². The Morgan fingerprint density at radius 1 is 0.737 bits per heavy atom. The van der Waals surface area contributed by atoms with Gasteiger partial charge >= 0.3 is 8.05 Å². The molecule has 110 valence electrons. The average molecular weight is 266 g/mol. The summed E-state index contributed by atoms with van der Waals surface area (Å²) < 4.78 is 4.12. The molecule has 0 bridgehead atoms. The summed E-state index contributed by atoms with van der Waals surface area (Å²) in [5.41, 5.74) is 0. The normalized spacial score (nSPS) is 10.6. The first-order chi connectivity index (χ1) is 9.31. The highest BCUT2D eigenvalue weighted by atomic mass is 16.5. The van der Waals surface area contributed by atoms with E-state index < -0.39 is 0 Å². The molecule has 0 aromatic carbocycles. The van der Waals surface area contributed by atoms with Crippen LogP contribution in [0.4, 0.5) is 0 Å². The average Bonchev–Trinajstić information content (AvgIpc) is 2.43. The number of carbonyl (C=O) groups excluding carboxylic acids is 1. The lowest BCUT2D eigenvalue weighted by molar-refractivity contribution is -0.134. The molecule has 0 aromatic heterocycles. The molecular weight excluding hydrogens is 235 g/mol. The molecule has 3 heteroatoms. The molecule has 19 heavy (non-hydrogen) atoms. The van der Waals surface area contributed by atoms with Gasteiger partial charge in [0.05, 0.1) is 0 Å². The number of carbonyl (C=O) groups is 1. The number of hydrogen-bond acceptors (Lipinski definition) is 2. The van der Waals surface area contributed by atoms with Crippen LogP contribution in [0.1, 0.15) is 96.8 Å². The summed E-state index contributed by atoms with van der Waals surface area (Å²) in [6, 6.07) is 0. The van der Waals surface area contributed by atoms with Crippen molar-refractivity contribution < 1.29 is 9.45 Å². The summed E-state index contributed by atoms with van der Waals surface area (Å²) in [6.45, 7) is 2.26. The molecule has 0 saturated carbocycles. The fourth-order valence-corrected chi connectivity index (χ4v) is 2.35. The molecule has 2 radical (unpaired) electrons. The van der Waals surface area contributed by atoms with Crippen molar-refractivity contribution in [1.82, 2.24) is 0 Å². The lowest BCUT2D eigenvalue weighted by Gasteiger charge is -2.03. The molecule has 0 aliphatic rings. The van der Waals surface area contributed by atoms with Crippen LogP contribution in [-0.4, -0.2) is 14.0 Å². The van der Waals surface area contributed by atoms with E-state index in [1.54, 1.807) is 0 Å². The van der Waals surface area contributed by atoms with E-state index in [-0.39, 0.29) is 5.97 Å². The van der Waals surface area contributed by atoms with Crippen LogP contribution in [0, 0.1) is 0 Å². The van der Waals surface area contributed by atoms with Gasteiger partial charge in [0, 0.05) is 6.42 Å². The van der Waals surface area contributed by atoms with E-state index in [0.29, 0.717) is 6.42 Å². The molecule has 2 nitrogen and oxygen atoms in total. The van der Waals surface area contributed by atoms with Crippen LogP contribution in [0.25, 0.3) is 0 Å². The highest BCUT2D eigenvalue weighted by molar-refractivity contribution is 6.05. The molecule has 0 rings (SSSR count). The Bertz CT molecular complexity index is 195. The minimum atomic E-state index is -0.289. The second-order valence-corrected chi connectivity index (χ2v) is 5.48. The van der Waals surface area contributed by atoms with Crippen LogP contribution in [0.15, 0.2) is 0 Å². The summed E-state index contributed by atoms with van der Waals surface area (Å²) in [5.74, 6) is -0.289. The van der Waals surface area contributed by atoms with Crippen molar-refractivity contribution in [2.24, 2.45) is 0 Å². The minimum Gasteiger partial charge on any atom is -0.543 e. The van der Waals surface area contributed by atoms with Crippen molar-refractivity contribution in [3.05, 3.63) is 0 Å². The van der Waals surface area contributed by atoms with E-state index in [9.17, 15) is 4.79 Å². The Kier molecular flexibility index (Phi) is 15.2. The highest BCUT2D eigenvalue weighted by Crippen LogP contribution is 2.12. The van der Waals surface area contributed by atoms with Crippen molar-refractivity contribution in [3.63, 3.8) is 0 Å². The highest BCUT2D eigenvalue weighted by Gasteiger charge is 1.98. The monoisotopic (exact) mass is 266 g/mol. The Hall–Kier alpha value is -0.465. The van der Waals surface area contributed by atoms with Crippen LogP contribution in [0.2, 0.25) is 0 Å². The molecule has 0 heterocycles. The van der Waals surface area contributed by atoms with Gasteiger partial charge in [0.15, 0.2) is 0 Å². The maximum absolute atomic E-state index is 10.8. The zero-order chi connectivity index (χ0) is 14.2. The van der Waals surface area contributed by atoms with Gasteiger partial charge in [-0.2, -0.15) is 0 Å². The van der Waals surface area contributed by atoms with Crippen molar-refractivity contribution in [1.29, 1.82) is 0 Å². The Labute approximate surface area is 121 Å². The number of rotatable bonds is 14. The van der Waals surface area contributed by atoms with Crippen LogP contribution in [0.3, 0.4) is 0 Å². The van der Waals surface area contributed by atoms with E-state index in [1.807, 2.05) is 0 Å². The molecule has 0 unspecified atom stereocenters. The van der Waals surface area contributed by atoms with Gasteiger partial charge in [-0.05, 0) is 6.42 Å². The second kappa shape index (κ2) is 15.6. The van der Waals surface area contributed by atoms with E-state index >= 15 is 0 Å². The van der Waals surface area contributed by atoms with Gasteiger partial charge in [-0.25, -0.2) is 0 Å². The van der Waals surface area contributed by atoms with Gasteiger partial charge < -0.3 is 4.65 Å². The third kappa shape index (κ3) is 15.5. The summed E-state index contributed by atoms with van der Waals surface area (Å²) in [4.78, 5) is 10.8. The van der Waals surface area contributed by atoms with Crippen molar-refractivity contribution in [2.75, 3.05) is 0 Å². The molecule has 0 aliphatic carbocycles. The minimum absolute atomic E-state index is 0.289. The van der Waals surface area contributed by atoms with E-state index in [0.717, 1.165) is 12.8 Å². The van der Waals surface area contributed by atoms with Gasteiger partial charge in [-0.1, -0.05) is 84.0 Å². The van der Waals surface area contributed by atoms with Gasteiger partial charge in [-0.3, -0.25) is 4.79 Å². The Morgan fingerprint density at radius 2 is 1.11 bits per heavy atom. The fourth-order valence-electron chi connectivity index (χ4n) is 2.35. The van der Waals surface area contributed by atoms with Crippen molar-refractivity contribution in [3.8, 4) is 0 Å². The van der Waals surface area contributed by atoms with Crippen LogP contribution in [0.5, 0.6) is 0 Å². The fraction of sp³-hybridized carbons (Fsp3) is 0.938. The summed E-state index contributed by atoms with van der Waals surface area (Å²) in [5, 5.41) is 0. The van der Waals surface area contributed by atoms with E-state index in [2.05, 4.69) is 11.6 Å². The van der Waals surface area contributed by atoms with Gasteiger partial charge in [-0.15, -0.1) is 0 Å². The molecule has 0 amide bonds. The maximum Gasteiger partial charge on any atom is 0.378 e. The lowest BCUT2D eigenvalue weighted by atomic mass is 10.0. The first kappa shape index (κ1) is 18.5. The molecule has 0 saturated heterocycles. The zero-order valence-corrected chi connectivity index (χ0v) is 12.8. The summed E-state index contributed by atoms with van der Waals surface area (Å²) in [6.07, 6.45) is 17.5. The third-order valence-electron chi connectivity index (χ3n) is 3.62. The first-order valence-corrected chi connectivity index (χ1v) is 8.20. The van der Waals surface area contributed by atoms with E-state index in [1.165, 1.54) is 70.6 Å². The Morgan fingerprint density at radius 3 is 1.47 bits per heavy atom. The molecule has 0 atom stereocenters. The largest absolute Gasteiger partial charge is 0.543 e. The summed E-state index contributed by atoms with van der Waals surface area (Å²) >= 11 is 0. The summed E-state index contributed by atoms with van der Waals surface area (Å²) in [7, 11) is 4.77. The lowest BCUT2D eigenvalue weighted by Crippen LogP contribution is -2.00. The van der Waals surface area contributed by atoms with Crippen molar-refractivity contribution in [2.45, 2.75) is 96.8 Å². The molecule has 0 spiro atoms. The quantitative estimate of drug-likeness (QED) is 0.323. The Balaban J connectivity index is 2.97. The molecular formula is C16H31BO2. The van der Waals surface area contributed by atoms with Crippen LogP contribution >= 0.6 is 0 Å². The predicted molar refractivity (Wildman–Crippen MR) is 82.2 cm³/mol. The SMILES string of the molecule is [B]OC(=O)CCCCCCCCCCCCCCC. The zero-order valence-electron chi connectivity index (χ0n) is 12.8. The maximum atomic E-state index is 10.8. The predicted octanol–water partition coefficient (Wildman–Crippen LogP) is 5.09. The second-order valence-electron chi connectivity index (χ2n) is 5.48. The number of unbranched alkanes of at least 4 members (excludes halogenated alkanes) is 12. The smallest absolute Gasteiger partial charge is 0.378 e. The third-order valence-corrected chi connectivity index (χ3v) is 3.62. The molecule has 0 aliphatic heterocycles. The van der Waals surface area contributed by atoms with Gasteiger partial charge in [0.25, 0.3) is 5.97 Å². The molecule has 0 N–H and O–H groups in total. The standard InChI is InChI=1S/C16H31BO2/c1-2-3-4-5-6-7-8-9-10-11-12-13-14-15-16(18)19-17/h2-15H2,1H3. The first-order valence-electron chi connectivity index (χ1n) is 8.20. The van der Waals surface area contributed by atoms with Crippen molar-refractivity contribution >= 4 is 14.0 Å². The molecule has 0 aromatic rings. The molecule has 0 fully saturated rings. The number of hydrogen-bond donors (Lipinski definition) is 0. The van der Waals surface area contributed by atoms with Gasteiger partial charge in [0.2, 0.25) is 0 Å². The van der Waals surface area contributed by atoms with Crippen LogP contribution in [-0.2, 0) is 9.45 Å². The topological polar surface area (TPSA) is 26.3 Å². The van der Waals surface area contributed by atoms with Crippen LogP contribution < -0.4 is 0 Å².